The van der Waals surface area contributed by atoms with Gasteiger partial charge in [-0.1, -0.05) is 42.5 Å². The number of piperazine rings is 1. The van der Waals surface area contributed by atoms with Gasteiger partial charge in [-0.2, -0.15) is 0 Å². The largest absolute Gasteiger partial charge is 0.377 e. The number of nitrogens with one attached hydrogen (secondary N) is 1. The van der Waals surface area contributed by atoms with Crippen molar-refractivity contribution in [2.75, 3.05) is 39.3 Å². The van der Waals surface area contributed by atoms with Crippen molar-refractivity contribution in [3.05, 3.63) is 77.9 Å². The zero-order valence-corrected chi connectivity index (χ0v) is 20.5. The number of hydrogen-bond donors (Lipinski definition) is 1. The number of nitrogens with zero attached hydrogens (tertiary/aromatic N) is 2. The highest BCUT2D eigenvalue weighted by molar-refractivity contribution is 7.89. The lowest BCUT2D eigenvalue weighted by atomic mass is 10.0. The molecule has 2 aliphatic rings. The normalized spacial score (nSPS) is 19.3. The van der Waals surface area contributed by atoms with Crippen molar-refractivity contribution in [1.29, 1.82) is 0 Å². The molecular weight excluding hydrogens is 462 g/mol. The highest BCUT2D eigenvalue weighted by Gasteiger charge is 2.24. The molecule has 2 fully saturated rings. The summed E-state index contributed by atoms with van der Waals surface area (Å²) in [6.45, 7) is 4.70. The van der Waals surface area contributed by atoms with E-state index in [0.29, 0.717) is 25.3 Å². The van der Waals surface area contributed by atoms with Gasteiger partial charge in [0.05, 0.1) is 11.0 Å². The second kappa shape index (κ2) is 10.5. The van der Waals surface area contributed by atoms with Crippen LogP contribution in [0.25, 0.3) is 10.8 Å². The van der Waals surface area contributed by atoms with Crippen LogP contribution in [0, 0.1) is 0 Å². The van der Waals surface area contributed by atoms with Gasteiger partial charge >= 0.3 is 0 Å². The van der Waals surface area contributed by atoms with Gasteiger partial charge in [0.25, 0.3) is 5.91 Å². The molecule has 3 aromatic carbocycles. The predicted molar refractivity (Wildman–Crippen MR) is 136 cm³/mol. The first-order valence-electron chi connectivity index (χ1n) is 12.2. The van der Waals surface area contributed by atoms with E-state index in [9.17, 15) is 13.2 Å². The minimum absolute atomic E-state index is 0.0638. The van der Waals surface area contributed by atoms with Crippen molar-refractivity contribution in [3.8, 4) is 0 Å². The Morgan fingerprint density at radius 2 is 1.69 bits per heavy atom. The summed E-state index contributed by atoms with van der Waals surface area (Å²) < 4.78 is 33.2. The van der Waals surface area contributed by atoms with E-state index >= 15 is 0 Å². The molecule has 0 aliphatic carbocycles. The first-order chi connectivity index (χ1) is 17.0. The van der Waals surface area contributed by atoms with Crippen LogP contribution in [0.1, 0.15) is 28.8 Å². The van der Waals surface area contributed by atoms with Gasteiger partial charge in [0, 0.05) is 51.4 Å². The van der Waals surface area contributed by atoms with E-state index in [1.165, 1.54) is 28.5 Å². The number of sulfonamides is 1. The Morgan fingerprint density at radius 3 is 2.43 bits per heavy atom. The minimum Gasteiger partial charge on any atom is -0.377 e. The van der Waals surface area contributed by atoms with Crippen LogP contribution in [0.4, 0.5) is 0 Å². The number of carbonyl (C=O) groups is 1. The van der Waals surface area contributed by atoms with Crippen LogP contribution < -0.4 is 4.72 Å². The second-order valence-electron chi connectivity index (χ2n) is 9.22. The van der Waals surface area contributed by atoms with Crippen LogP contribution in [-0.4, -0.2) is 69.6 Å². The highest BCUT2D eigenvalue weighted by atomic mass is 32.2. The third-order valence-electron chi connectivity index (χ3n) is 6.87. The molecule has 2 heterocycles. The number of hydrogen-bond acceptors (Lipinski definition) is 5. The van der Waals surface area contributed by atoms with Gasteiger partial charge in [0.1, 0.15) is 0 Å². The molecule has 3 aromatic rings. The molecule has 2 aliphatic heterocycles. The highest BCUT2D eigenvalue weighted by Crippen LogP contribution is 2.21. The lowest BCUT2D eigenvalue weighted by Gasteiger charge is -2.35. The second-order valence-corrected chi connectivity index (χ2v) is 11.0. The van der Waals surface area contributed by atoms with Crippen LogP contribution in [0.3, 0.4) is 0 Å². The SMILES string of the molecule is O=C(c1ccc(S(=O)(=O)NC[C@@H]2CCCO2)cc1)N1CCN(Cc2cccc3ccccc23)CC1. The summed E-state index contributed by atoms with van der Waals surface area (Å²) in [5.41, 5.74) is 1.80. The molecule has 184 valence electrons. The standard InChI is InChI=1S/C27H31N3O4S/c31-27(22-10-12-25(13-11-22)35(32,33)28-19-24-8-4-18-34-24)30-16-14-29(15-17-30)20-23-7-3-6-21-5-1-2-9-26(21)23/h1-3,5-7,9-13,24,28H,4,8,14-20H2/t24-/m0/s1. The van der Waals surface area contributed by atoms with Crippen molar-refractivity contribution < 1.29 is 17.9 Å². The van der Waals surface area contributed by atoms with Gasteiger partial charge in [-0.3, -0.25) is 9.69 Å². The molecule has 5 rings (SSSR count). The molecule has 0 bridgehead atoms. The molecule has 0 unspecified atom stereocenters. The summed E-state index contributed by atoms with van der Waals surface area (Å²) in [5.74, 6) is -0.0638. The Hall–Kier alpha value is -2.78. The van der Waals surface area contributed by atoms with E-state index in [0.717, 1.165) is 32.5 Å². The monoisotopic (exact) mass is 493 g/mol. The third-order valence-corrected chi connectivity index (χ3v) is 8.31. The van der Waals surface area contributed by atoms with Crippen molar-refractivity contribution in [1.82, 2.24) is 14.5 Å². The van der Waals surface area contributed by atoms with Gasteiger partial charge in [-0.15, -0.1) is 0 Å². The van der Waals surface area contributed by atoms with Crippen LogP contribution >= 0.6 is 0 Å². The number of benzene rings is 3. The average molecular weight is 494 g/mol. The van der Waals surface area contributed by atoms with Crippen LogP contribution in [0.2, 0.25) is 0 Å². The molecule has 0 radical (unpaired) electrons. The zero-order chi connectivity index (χ0) is 24.3. The van der Waals surface area contributed by atoms with Gasteiger partial charge in [-0.25, -0.2) is 13.1 Å². The lowest BCUT2D eigenvalue weighted by molar-refractivity contribution is 0.0629. The number of fused-ring (bicyclic) bond motifs is 1. The quantitative estimate of drug-likeness (QED) is 0.547. The van der Waals surface area contributed by atoms with Crippen LogP contribution in [0.15, 0.2) is 71.6 Å². The zero-order valence-electron chi connectivity index (χ0n) is 19.7. The molecule has 8 heteroatoms. The fourth-order valence-corrected chi connectivity index (χ4v) is 5.90. The number of amides is 1. The first-order valence-corrected chi connectivity index (χ1v) is 13.7. The van der Waals surface area contributed by atoms with Crippen LogP contribution in [0.5, 0.6) is 0 Å². The Balaban J connectivity index is 1.16. The van der Waals surface area contributed by atoms with E-state index in [1.54, 1.807) is 12.1 Å². The van der Waals surface area contributed by atoms with Gasteiger partial charge in [0.2, 0.25) is 10.0 Å². The summed E-state index contributed by atoms with van der Waals surface area (Å²) in [7, 11) is -3.63. The molecule has 0 spiro atoms. The molecular formula is C27H31N3O4S. The molecule has 1 N–H and O–H groups in total. The Kier molecular flexibility index (Phi) is 7.15. The number of carbonyl (C=O) groups excluding carboxylic acids is 1. The molecule has 1 amide bonds. The number of rotatable bonds is 7. The van der Waals surface area contributed by atoms with E-state index in [2.05, 4.69) is 52.1 Å². The van der Waals surface area contributed by atoms with Gasteiger partial charge in [-0.05, 0) is 53.4 Å². The topological polar surface area (TPSA) is 78.9 Å². The maximum atomic E-state index is 13.0. The van der Waals surface area contributed by atoms with E-state index < -0.39 is 10.0 Å². The van der Waals surface area contributed by atoms with Crippen molar-refractivity contribution in [3.63, 3.8) is 0 Å². The Bertz CT molecular complexity index is 1270. The van der Waals surface area contributed by atoms with Crippen LogP contribution in [-0.2, 0) is 21.3 Å². The fourth-order valence-electron chi connectivity index (χ4n) is 4.83. The smallest absolute Gasteiger partial charge is 0.253 e. The molecule has 1 atom stereocenters. The predicted octanol–water partition coefficient (Wildman–Crippen LogP) is 3.26. The Morgan fingerprint density at radius 1 is 0.943 bits per heavy atom. The Labute approximate surface area is 206 Å². The van der Waals surface area contributed by atoms with E-state index in [4.69, 9.17) is 4.74 Å². The average Bonchev–Trinajstić information content (AvgIpc) is 3.42. The van der Waals surface area contributed by atoms with Gasteiger partial charge < -0.3 is 9.64 Å². The fraction of sp³-hybridized carbons (Fsp3) is 0.370. The minimum atomic E-state index is -3.63. The summed E-state index contributed by atoms with van der Waals surface area (Å²) in [4.78, 5) is 17.4. The molecule has 2 saturated heterocycles. The van der Waals surface area contributed by atoms with E-state index in [-0.39, 0.29) is 23.5 Å². The van der Waals surface area contributed by atoms with Crippen molar-refractivity contribution >= 4 is 26.7 Å². The maximum absolute atomic E-state index is 13.0. The summed E-state index contributed by atoms with van der Waals surface area (Å²) in [5, 5.41) is 2.51. The summed E-state index contributed by atoms with van der Waals surface area (Å²) in [6, 6.07) is 21.0. The maximum Gasteiger partial charge on any atom is 0.253 e. The molecule has 0 aromatic heterocycles. The van der Waals surface area contributed by atoms with Crippen molar-refractivity contribution in [2.24, 2.45) is 0 Å². The lowest BCUT2D eigenvalue weighted by Crippen LogP contribution is -2.48. The van der Waals surface area contributed by atoms with Crippen molar-refractivity contribution in [2.45, 2.75) is 30.4 Å². The van der Waals surface area contributed by atoms with E-state index in [1.807, 2.05) is 4.90 Å². The summed E-state index contributed by atoms with van der Waals surface area (Å²) >= 11 is 0. The molecule has 7 nitrogen and oxygen atoms in total. The first kappa shape index (κ1) is 23.9. The van der Waals surface area contributed by atoms with Gasteiger partial charge in [0.15, 0.2) is 0 Å². The number of ether oxygens (including phenoxy) is 1. The third kappa shape index (κ3) is 5.56. The summed E-state index contributed by atoms with van der Waals surface area (Å²) in [6.07, 6.45) is 1.76. The molecule has 35 heavy (non-hydrogen) atoms. The molecule has 0 saturated carbocycles.